The number of benzene rings is 2. The molecule has 2 aromatic carbocycles. The summed E-state index contributed by atoms with van der Waals surface area (Å²) in [5.74, 6) is -0.373. The smallest absolute Gasteiger partial charge is 0.224 e. The summed E-state index contributed by atoms with van der Waals surface area (Å²) < 4.78 is 13.5. The number of aromatic nitrogens is 4. The van der Waals surface area contributed by atoms with E-state index < -0.39 is 0 Å². The Hall–Kier alpha value is -4.85. The zero-order chi connectivity index (χ0) is 25.9. The highest BCUT2D eigenvalue weighted by atomic mass is 19.1. The highest BCUT2D eigenvalue weighted by Crippen LogP contribution is 2.34. The number of carbonyl (C=O) groups is 1. The van der Waals surface area contributed by atoms with Gasteiger partial charge in [0, 0.05) is 35.1 Å². The predicted molar refractivity (Wildman–Crippen MR) is 146 cm³/mol. The molecule has 0 bridgehead atoms. The third-order valence-electron chi connectivity index (χ3n) is 6.16. The van der Waals surface area contributed by atoms with Gasteiger partial charge in [-0.1, -0.05) is 31.2 Å². The molecule has 0 spiro atoms. The van der Waals surface area contributed by atoms with Gasteiger partial charge in [0.1, 0.15) is 5.82 Å². The molecule has 0 fully saturated rings. The summed E-state index contributed by atoms with van der Waals surface area (Å²) in [5, 5.41) is 12.2. The lowest BCUT2D eigenvalue weighted by molar-refractivity contribution is -0.120. The highest BCUT2D eigenvalue weighted by molar-refractivity contribution is 6.01. The molecule has 0 saturated heterocycles. The molecule has 3 N–H and O–H groups in total. The first-order chi connectivity index (χ1) is 18.0. The Labute approximate surface area is 212 Å². The average molecular weight is 493 g/mol. The molecule has 5 aromatic rings. The maximum atomic E-state index is 13.5. The van der Waals surface area contributed by atoms with E-state index in [1.807, 2.05) is 37.3 Å². The molecule has 37 heavy (non-hydrogen) atoms. The summed E-state index contributed by atoms with van der Waals surface area (Å²) in [6, 6.07) is 16.6. The Morgan fingerprint density at radius 3 is 2.73 bits per heavy atom. The van der Waals surface area contributed by atoms with Crippen LogP contribution >= 0.6 is 0 Å². The predicted octanol–water partition coefficient (Wildman–Crippen LogP) is 6.38. The van der Waals surface area contributed by atoms with Crippen molar-refractivity contribution in [3.8, 4) is 22.5 Å². The molecule has 0 saturated carbocycles. The van der Waals surface area contributed by atoms with Crippen molar-refractivity contribution in [3.05, 3.63) is 90.1 Å². The van der Waals surface area contributed by atoms with Crippen LogP contribution in [0.2, 0.25) is 0 Å². The lowest BCUT2D eigenvalue weighted by Crippen LogP contribution is -2.20. The van der Waals surface area contributed by atoms with E-state index in [9.17, 15) is 9.18 Å². The van der Waals surface area contributed by atoms with Crippen molar-refractivity contribution in [2.75, 3.05) is 0 Å². The number of aromatic amines is 2. The molecule has 3 aromatic heterocycles. The Bertz CT molecular complexity index is 1690. The molecular formula is C29H25FN6O. The Morgan fingerprint density at radius 2 is 1.97 bits per heavy atom. The summed E-state index contributed by atoms with van der Waals surface area (Å²) in [6.07, 6.45) is 5.45. The van der Waals surface area contributed by atoms with Crippen LogP contribution < -0.4 is 5.32 Å². The molecule has 0 aliphatic carbocycles. The second-order valence-corrected chi connectivity index (χ2v) is 8.65. The zero-order valence-corrected chi connectivity index (χ0v) is 20.5. The largest absolute Gasteiger partial charge is 0.353 e. The van der Waals surface area contributed by atoms with Gasteiger partial charge in [0.2, 0.25) is 5.91 Å². The van der Waals surface area contributed by atoms with E-state index in [1.54, 1.807) is 25.3 Å². The minimum atomic E-state index is -0.265. The number of allylic oxidation sites excluding steroid dienone is 2. The molecule has 8 heteroatoms. The lowest BCUT2D eigenvalue weighted by atomic mass is 10.0. The molecule has 0 radical (unpaired) electrons. The zero-order valence-electron chi connectivity index (χ0n) is 20.5. The van der Waals surface area contributed by atoms with Crippen molar-refractivity contribution in [3.63, 3.8) is 0 Å². The third kappa shape index (κ3) is 4.81. The van der Waals surface area contributed by atoms with Crippen LogP contribution in [0.25, 0.3) is 50.0 Å². The normalized spacial score (nSPS) is 12.3. The fourth-order valence-corrected chi connectivity index (χ4v) is 4.26. The van der Waals surface area contributed by atoms with Gasteiger partial charge in [-0.15, -0.1) is 0 Å². The van der Waals surface area contributed by atoms with E-state index in [4.69, 9.17) is 0 Å². The second kappa shape index (κ2) is 10.0. The maximum absolute atomic E-state index is 13.5. The van der Waals surface area contributed by atoms with E-state index >= 15 is 0 Å². The number of halogens is 1. The highest BCUT2D eigenvalue weighted by Gasteiger charge is 2.15. The van der Waals surface area contributed by atoms with Crippen molar-refractivity contribution in [2.45, 2.75) is 20.3 Å². The Balaban J connectivity index is 1.55. The fourth-order valence-electron chi connectivity index (χ4n) is 4.26. The van der Waals surface area contributed by atoms with Gasteiger partial charge in [0.15, 0.2) is 5.65 Å². The van der Waals surface area contributed by atoms with E-state index in [-0.39, 0.29) is 11.7 Å². The first kappa shape index (κ1) is 23.9. The molecule has 0 aliphatic rings. The summed E-state index contributed by atoms with van der Waals surface area (Å²) in [7, 11) is 0. The molecule has 1 amide bonds. The van der Waals surface area contributed by atoms with Crippen molar-refractivity contribution in [1.29, 1.82) is 0 Å². The number of hydrogen-bond acceptors (Lipinski definition) is 4. The quantitative estimate of drug-likeness (QED) is 0.181. The molecule has 7 nitrogen and oxygen atoms in total. The van der Waals surface area contributed by atoms with Crippen molar-refractivity contribution in [1.82, 2.24) is 25.5 Å². The van der Waals surface area contributed by atoms with Gasteiger partial charge in [-0.25, -0.2) is 9.37 Å². The maximum Gasteiger partial charge on any atom is 0.224 e. The number of aliphatic imine (C=N–C) groups is 1. The van der Waals surface area contributed by atoms with Gasteiger partial charge in [0.25, 0.3) is 0 Å². The number of pyridine rings is 1. The van der Waals surface area contributed by atoms with Crippen LogP contribution in [0.4, 0.5) is 4.39 Å². The van der Waals surface area contributed by atoms with E-state index in [2.05, 4.69) is 43.3 Å². The minimum Gasteiger partial charge on any atom is -0.353 e. The van der Waals surface area contributed by atoms with Crippen LogP contribution in [0, 0.1) is 5.82 Å². The molecular weight excluding hydrogens is 467 g/mol. The number of fused-ring (bicyclic) bond motifs is 2. The number of hydrogen-bond donors (Lipinski definition) is 3. The Morgan fingerprint density at radius 1 is 1.16 bits per heavy atom. The number of amides is 1. The molecule has 0 atom stereocenters. The first-order valence-electron chi connectivity index (χ1n) is 11.8. The second-order valence-electron chi connectivity index (χ2n) is 8.65. The van der Waals surface area contributed by atoms with E-state index in [0.29, 0.717) is 17.8 Å². The SMILES string of the molecule is C=NC=C(C=C(C)c1cnc2n[nH]c(-c3cc4c(-c5ccc(F)cc5)cccc4[nH]3)c2c1)NC(=O)CC. The minimum absolute atomic E-state index is 0.108. The van der Waals surface area contributed by atoms with Crippen LogP contribution in [-0.2, 0) is 4.79 Å². The van der Waals surface area contributed by atoms with Crippen molar-refractivity contribution in [2.24, 2.45) is 4.99 Å². The van der Waals surface area contributed by atoms with Crippen LogP contribution in [0.5, 0.6) is 0 Å². The van der Waals surface area contributed by atoms with E-state index in [1.165, 1.54) is 18.3 Å². The monoisotopic (exact) mass is 492 g/mol. The third-order valence-corrected chi connectivity index (χ3v) is 6.16. The number of rotatable bonds is 7. The Kier molecular flexibility index (Phi) is 6.47. The fraction of sp³-hybridized carbons (Fsp3) is 0.103. The first-order valence-corrected chi connectivity index (χ1v) is 11.8. The number of nitrogens with zero attached hydrogens (tertiary/aromatic N) is 3. The van der Waals surface area contributed by atoms with Crippen molar-refractivity contribution >= 4 is 40.1 Å². The topological polar surface area (TPSA) is 98.8 Å². The number of nitrogens with one attached hydrogen (secondary N) is 3. The molecule has 0 unspecified atom stereocenters. The van der Waals surface area contributed by atoms with Gasteiger partial charge in [0.05, 0.1) is 17.1 Å². The number of carbonyl (C=O) groups excluding carboxylic acids is 1. The van der Waals surface area contributed by atoms with Gasteiger partial charge in [-0.2, -0.15) is 5.10 Å². The lowest BCUT2D eigenvalue weighted by Gasteiger charge is -2.07. The summed E-state index contributed by atoms with van der Waals surface area (Å²) in [5.41, 5.74) is 7.47. The van der Waals surface area contributed by atoms with E-state index in [0.717, 1.165) is 49.9 Å². The van der Waals surface area contributed by atoms with Gasteiger partial charge < -0.3 is 10.3 Å². The van der Waals surface area contributed by atoms with Crippen molar-refractivity contribution < 1.29 is 9.18 Å². The summed E-state index contributed by atoms with van der Waals surface area (Å²) >= 11 is 0. The van der Waals surface area contributed by atoms with Gasteiger partial charge in [-0.05, 0) is 72.3 Å². The number of H-pyrrole nitrogens is 2. The van der Waals surface area contributed by atoms with Gasteiger partial charge >= 0.3 is 0 Å². The van der Waals surface area contributed by atoms with Crippen LogP contribution in [0.3, 0.4) is 0 Å². The van der Waals surface area contributed by atoms with Crippen LogP contribution in [0.15, 0.2) is 83.8 Å². The average Bonchev–Trinajstić information content (AvgIpc) is 3.52. The summed E-state index contributed by atoms with van der Waals surface area (Å²) in [6.45, 7) is 7.22. The standard InChI is InChI=1S/C29H25FN6O/c1-4-27(37)33-21(16-31-3)12-17(2)19-13-24-28(35-36-29(24)32-15-19)26-14-23-22(6-5-7-25(23)34-26)18-8-10-20(30)11-9-18/h5-16,34H,3-4H2,1-2H3,(H,33,37)(H,32,35,36). The molecule has 184 valence electrons. The molecule has 5 rings (SSSR count). The van der Waals surface area contributed by atoms with Crippen LogP contribution in [0.1, 0.15) is 25.8 Å². The van der Waals surface area contributed by atoms with Gasteiger partial charge in [-0.3, -0.25) is 14.9 Å². The summed E-state index contributed by atoms with van der Waals surface area (Å²) in [4.78, 5) is 23.7. The van der Waals surface area contributed by atoms with Crippen LogP contribution in [-0.4, -0.2) is 32.8 Å². The molecule has 3 heterocycles. The molecule has 0 aliphatic heterocycles.